The summed E-state index contributed by atoms with van der Waals surface area (Å²) in [6.07, 6.45) is -0.836. The molecule has 0 fully saturated rings. The van der Waals surface area contributed by atoms with Gasteiger partial charge in [0, 0.05) is 4.90 Å². The molecule has 0 aliphatic heterocycles. The van der Waals surface area contributed by atoms with Gasteiger partial charge in [-0.3, -0.25) is 0 Å². The molecular formula is C22H20O2S. The number of hydrogen-bond donors (Lipinski definition) is 1. The molecule has 3 aromatic rings. The fraction of sp³-hybridized carbons (Fsp3) is 0.0909. The molecule has 3 rings (SSSR count). The highest BCUT2D eigenvalue weighted by Gasteiger charge is 2.19. The lowest BCUT2D eigenvalue weighted by Crippen LogP contribution is -2.04. The van der Waals surface area contributed by atoms with Crippen LogP contribution in [0.25, 0.3) is 5.57 Å². The average Bonchev–Trinajstić information content (AvgIpc) is 2.67. The van der Waals surface area contributed by atoms with Crippen molar-refractivity contribution in [3.05, 3.63) is 102 Å². The van der Waals surface area contributed by atoms with Crippen LogP contribution in [0.5, 0.6) is 0 Å². The Hall–Kier alpha value is -2.49. The van der Waals surface area contributed by atoms with Crippen LogP contribution in [0.3, 0.4) is 0 Å². The zero-order valence-corrected chi connectivity index (χ0v) is 14.9. The van der Waals surface area contributed by atoms with Crippen molar-refractivity contribution in [1.82, 2.24) is 0 Å². The molecule has 1 N–H and O–H groups in total. The minimum Gasteiger partial charge on any atom is -0.384 e. The number of aliphatic hydroxyl groups excluding tert-OH is 1. The summed E-state index contributed by atoms with van der Waals surface area (Å²) in [7, 11) is -1.33. The molecular weight excluding hydrogens is 328 g/mol. The molecule has 0 aromatic heterocycles. The monoisotopic (exact) mass is 348 g/mol. The lowest BCUT2D eigenvalue weighted by Gasteiger charge is -2.17. The van der Waals surface area contributed by atoms with Gasteiger partial charge in [-0.15, -0.1) is 0 Å². The second-order valence-electron chi connectivity index (χ2n) is 5.92. The van der Waals surface area contributed by atoms with Gasteiger partial charge in [-0.2, -0.15) is 0 Å². The van der Waals surface area contributed by atoms with E-state index in [-0.39, 0.29) is 0 Å². The molecule has 0 bridgehead atoms. The fourth-order valence-corrected chi connectivity index (χ4v) is 3.90. The number of benzene rings is 3. The summed E-state index contributed by atoms with van der Waals surface area (Å²) in [6.45, 7) is 6.07. The molecule has 3 heteroatoms. The molecule has 0 aliphatic rings. The van der Waals surface area contributed by atoms with E-state index in [1.165, 1.54) is 0 Å². The van der Waals surface area contributed by atoms with Gasteiger partial charge in [-0.25, -0.2) is 4.21 Å². The van der Waals surface area contributed by atoms with Crippen molar-refractivity contribution in [3.8, 4) is 0 Å². The summed E-state index contributed by atoms with van der Waals surface area (Å²) in [4.78, 5) is 1.39. The van der Waals surface area contributed by atoms with Crippen LogP contribution in [0, 0.1) is 6.92 Å². The molecule has 0 amide bonds. The first-order chi connectivity index (χ1) is 12.1. The van der Waals surface area contributed by atoms with E-state index in [4.69, 9.17) is 0 Å². The van der Waals surface area contributed by atoms with Crippen molar-refractivity contribution in [3.63, 3.8) is 0 Å². The van der Waals surface area contributed by atoms with Gasteiger partial charge in [0.25, 0.3) is 0 Å². The van der Waals surface area contributed by atoms with Crippen LogP contribution in [0.1, 0.15) is 22.8 Å². The van der Waals surface area contributed by atoms with E-state index in [1.807, 2.05) is 85.8 Å². The zero-order valence-electron chi connectivity index (χ0n) is 14.1. The lowest BCUT2D eigenvalue weighted by molar-refractivity contribution is 0.238. The third-order valence-electron chi connectivity index (χ3n) is 4.11. The molecule has 0 saturated heterocycles. The van der Waals surface area contributed by atoms with Crippen LogP contribution in [0.2, 0.25) is 0 Å². The lowest BCUT2D eigenvalue weighted by atomic mass is 9.97. The van der Waals surface area contributed by atoms with Crippen molar-refractivity contribution < 1.29 is 9.32 Å². The maximum absolute atomic E-state index is 13.0. The van der Waals surface area contributed by atoms with Gasteiger partial charge in [-0.1, -0.05) is 72.8 Å². The van der Waals surface area contributed by atoms with Crippen molar-refractivity contribution in [2.24, 2.45) is 0 Å². The van der Waals surface area contributed by atoms with Crippen molar-refractivity contribution >= 4 is 16.4 Å². The maximum Gasteiger partial charge on any atom is 0.104 e. The molecule has 0 radical (unpaired) electrons. The summed E-state index contributed by atoms with van der Waals surface area (Å²) in [5, 5.41) is 10.7. The van der Waals surface area contributed by atoms with Crippen molar-refractivity contribution in [2.45, 2.75) is 22.8 Å². The largest absolute Gasteiger partial charge is 0.384 e. The Kier molecular flexibility index (Phi) is 5.27. The van der Waals surface area contributed by atoms with Gasteiger partial charge in [0.2, 0.25) is 0 Å². The third kappa shape index (κ3) is 3.78. The SMILES string of the molecule is C=C(c1ccccc1[S@@](=O)c1ccc(C)cc1)[C@@H](O)c1ccccc1. The first-order valence-electron chi connectivity index (χ1n) is 8.07. The standard InChI is InChI=1S/C22H20O2S/c1-16-12-14-19(15-13-16)25(24)21-11-7-6-10-20(21)17(2)22(23)18-8-4-3-5-9-18/h3-15,22-23H,2H2,1H3/t22-,25+/m1/s1. The maximum atomic E-state index is 13.0. The van der Waals surface area contributed by atoms with E-state index in [1.54, 1.807) is 0 Å². The van der Waals surface area contributed by atoms with E-state index >= 15 is 0 Å². The quantitative estimate of drug-likeness (QED) is 0.711. The Morgan fingerprint density at radius 3 is 2.20 bits per heavy atom. The van der Waals surface area contributed by atoms with Gasteiger partial charge in [0.1, 0.15) is 6.10 Å². The molecule has 0 heterocycles. The zero-order chi connectivity index (χ0) is 17.8. The summed E-state index contributed by atoms with van der Waals surface area (Å²) < 4.78 is 13.0. The Morgan fingerprint density at radius 1 is 0.920 bits per heavy atom. The molecule has 3 aromatic carbocycles. The molecule has 126 valence electrons. The van der Waals surface area contributed by atoms with Crippen molar-refractivity contribution in [1.29, 1.82) is 0 Å². The van der Waals surface area contributed by atoms with E-state index in [0.717, 1.165) is 21.6 Å². The van der Waals surface area contributed by atoms with Crippen LogP contribution in [0.15, 0.2) is 95.2 Å². The predicted molar refractivity (Wildman–Crippen MR) is 103 cm³/mol. The van der Waals surface area contributed by atoms with Crippen LogP contribution >= 0.6 is 0 Å². The normalized spacial score (nSPS) is 13.2. The number of aliphatic hydroxyl groups is 1. The smallest absolute Gasteiger partial charge is 0.104 e. The first kappa shape index (κ1) is 17.3. The predicted octanol–water partition coefficient (Wildman–Crippen LogP) is 4.91. The second-order valence-corrected chi connectivity index (χ2v) is 7.37. The van der Waals surface area contributed by atoms with Crippen LogP contribution in [0.4, 0.5) is 0 Å². The van der Waals surface area contributed by atoms with Gasteiger partial charge in [0.15, 0.2) is 0 Å². The number of aryl methyl sites for hydroxylation is 1. The van der Waals surface area contributed by atoms with Crippen LogP contribution in [-0.2, 0) is 10.8 Å². The highest BCUT2D eigenvalue weighted by molar-refractivity contribution is 7.85. The Balaban J connectivity index is 1.97. The number of hydrogen-bond acceptors (Lipinski definition) is 2. The average molecular weight is 348 g/mol. The van der Waals surface area contributed by atoms with Gasteiger partial charge < -0.3 is 5.11 Å². The first-order valence-corrected chi connectivity index (χ1v) is 9.22. The molecule has 2 atom stereocenters. The minimum atomic E-state index is -1.33. The summed E-state index contributed by atoms with van der Waals surface area (Å²) in [5.41, 5.74) is 3.15. The highest BCUT2D eigenvalue weighted by atomic mass is 32.2. The Labute approximate surface area is 150 Å². The van der Waals surface area contributed by atoms with Gasteiger partial charge >= 0.3 is 0 Å². The molecule has 0 saturated carbocycles. The van der Waals surface area contributed by atoms with Crippen molar-refractivity contribution in [2.75, 3.05) is 0 Å². The molecule has 25 heavy (non-hydrogen) atoms. The summed E-state index contributed by atoms with van der Waals surface area (Å²) in [6, 6.07) is 24.4. The van der Waals surface area contributed by atoms with E-state index in [0.29, 0.717) is 10.5 Å². The van der Waals surface area contributed by atoms with E-state index < -0.39 is 16.9 Å². The van der Waals surface area contributed by atoms with Crippen LogP contribution in [-0.4, -0.2) is 9.32 Å². The van der Waals surface area contributed by atoms with Crippen LogP contribution < -0.4 is 0 Å². The fourth-order valence-electron chi connectivity index (χ4n) is 2.67. The summed E-state index contributed by atoms with van der Waals surface area (Å²) in [5.74, 6) is 0. The summed E-state index contributed by atoms with van der Waals surface area (Å²) >= 11 is 0. The van der Waals surface area contributed by atoms with E-state index in [9.17, 15) is 9.32 Å². The number of rotatable bonds is 5. The van der Waals surface area contributed by atoms with Gasteiger partial charge in [-0.05, 0) is 41.8 Å². The second kappa shape index (κ2) is 7.60. The minimum absolute atomic E-state index is 0.544. The molecule has 0 aliphatic carbocycles. The third-order valence-corrected chi connectivity index (χ3v) is 5.57. The Bertz CT molecular complexity index is 899. The molecule has 0 spiro atoms. The topological polar surface area (TPSA) is 37.3 Å². The van der Waals surface area contributed by atoms with Gasteiger partial charge in [0.05, 0.1) is 15.7 Å². The Morgan fingerprint density at radius 2 is 1.52 bits per heavy atom. The molecule has 2 nitrogen and oxygen atoms in total. The molecule has 0 unspecified atom stereocenters. The highest BCUT2D eigenvalue weighted by Crippen LogP contribution is 2.33. The van der Waals surface area contributed by atoms with E-state index in [2.05, 4.69) is 6.58 Å².